The van der Waals surface area contributed by atoms with E-state index < -0.39 is 0 Å². The molecule has 166 valence electrons. The fourth-order valence-corrected chi connectivity index (χ4v) is 2.09. The van der Waals surface area contributed by atoms with Crippen LogP contribution in [0.3, 0.4) is 0 Å². The Balaban J connectivity index is 3.16. The van der Waals surface area contributed by atoms with Crippen molar-refractivity contribution in [2.24, 2.45) is 11.8 Å². The lowest BCUT2D eigenvalue weighted by Gasteiger charge is -2.09. The number of Topliss-reactive ketones (excluding diaryl/α,β-unsaturated/α-hetero) is 2. The van der Waals surface area contributed by atoms with Crippen molar-refractivity contribution in [3.8, 4) is 0 Å². The Hall–Kier alpha value is -0.860. The molecule has 0 rings (SSSR count). The molecule has 0 aromatic carbocycles. The van der Waals surface area contributed by atoms with Crippen LogP contribution >= 0.6 is 0 Å². The summed E-state index contributed by atoms with van der Waals surface area (Å²) < 4.78 is 26.9. The summed E-state index contributed by atoms with van der Waals surface area (Å²) in [6, 6.07) is 0. The third-order valence-corrected chi connectivity index (χ3v) is 4.28. The maximum Gasteiger partial charge on any atom is 0.137 e. The van der Waals surface area contributed by atoms with Crippen LogP contribution in [0.2, 0.25) is 0 Å². The first-order valence-electron chi connectivity index (χ1n) is 10.4. The van der Waals surface area contributed by atoms with Crippen molar-refractivity contribution in [2.75, 3.05) is 66.1 Å². The first-order chi connectivity index (χ1) is 13.5. The molecule has 0 fully saturated rings. The molecule has 0 amide bonds. The molecule has 0 radical (unpaired) electrons. The van der Waals surface area contributed by atoms with Crippen LogP contribution in [0, 0.1) is 11.8 Å². The van der Waals surface area contributed by atoms with E-state index in [2.05, 4.69) is 0 Å². The third kappa shape index (κ3) is 17.3. The van der Waals surface area contributed by atoms with Crippen molar-refractivity contribution in [1.29, 1.82) is 0 Å². The van der Waals surface area contributed by atoms with Crippen molar-refractivity contribution in [3.63, 3.8) is 0 Å². The number of hydrogen-bond donors (Lipinski definition) is 0. The SMILES string of the molecule is CCC(C)C(=O)CCOCCOCCOCCOCCOCCC(=O)C(C)C. The van der Waals surface area contributed by atoms with Crippen LogP contribution in [0.15, 0.2) is 0 Å². The summed E-state index contributed by atoms with van der Waals surface area (Å²) >= 11 is 0. The van der Waals surface area contributed by atoms with Crippen molar-refractivity contribution in [1.82, 2.24) is 0 Å². The van der Waals surface area contributed by atoms with Crippen molar-refractivity contribution >= 4 is 11.6 Å². The number of ketones is 2. The number of carbonyl (C=O) groups excluding carboxylic acids is 2. The molecule has 0 aromatic rings. The molecule has 0 aliphatic carbocycles. The van der Waals surface area contributed by atoms with E-state index in [-0.39, 0.29) is 23.4 Å². The lowest BCUT2D eigenvalue weighted by Crippen LogP contribution is -2.15. The van der Waals surface area contributed by atoms with Crippen LogP contribution in [0.4, 0.5) is 0 Å². The van der Waals surface area contributed by atoms with Gasteiger partial charge in [-0.2, -0.15) is 0 Å². The zero-order chi connectivity index (χ0) is 21.0. The molecular formula is C21H40O7. The van der Waals surface area contributed by atoms with Gasteiger partial charge in [-0.25, -0.2) is 0 Å². The molecular weight excluding hydrogens is 364 g/mol. The number of hydrogen-bond acceptors (Lipinski definition) is 7. The van der Waals surface area contributed by atoms with Gasteiger partial charge in [0.1, 0.15) is 11.6 Å². The standard InChI is InChI=1S/C21H40O7/c1-5-19(4)21(23)7-9-25-11-13-27-15-17-28-16-14-26-12-10-24-8-6-20(22)18(2)3/h18-19H,5-17H2,1-4H3. The number of carbonyl (C=O) groups is 2. The number of ether oxygens (including phenoxy) is 5. The van der Waals surface area contributed by atoms with E-state index in [4.69, 9.17) is 23.7 Å². The highest BCUT2D eigenvalue weighted by Gasteiger charge is 2.09. The highest BCUT2D eigenvalue weighted by atomic mass is 16.6. The van der Waals surface area contributed by atoms with Crippen molar-refractivity contribution < 1.29 is 33.3 Å². The normalized spacial score (nSPS) is 12.5. The summed E-state index contributed by atoms with van der Waals surface area (Å²) in [5.74, 6) is 0.666. The molecule has 0 aliphatic heterocycles. The average molecular weight is 405 g/mol. The molecule has 1 atom stereocenters. The lowest BCUT2D eigenvalue weighted by molar-refractivity contribution is -0.124. The van der Waals surface area contributed by atoms with Gasteiger partial charge in [-0.15, -0.1) is 0 Å². The monoisotopic (exact) mass is 404 g/mol. The summed E-state index contributed by atoms with van der Waals surface area (Å²) in [5.41, 5.74) is 0. The summed E-state index contributed by atoms with van der Waals surface area (Å²) in [7, 11) is 0. The van der Waals surface area contributed by atoms with Gasteiger partial charge in [-0.1, -0.05) is 27.7 Å². The fraction of sp³-hybridized carbons (Fsp3) is 0.905. The van der Waals surface area contributed by atoms with Crippen LogP contribution in [0.25, 0.3) is 0 Å². The van der Waals surface area contributed by atoms with Gasteiger partial charge in [0, 0.05) is 24.7 Å². The zero-order valence-electron chi connectivity index (χ0n) is 18.2. The van der Waals surface area contributed by atoms with Crippen LogP contribution in [-0.4, -0.2) is 77.6 Å². The van der Waals surface area contributed by atoms with E-state index in [0.29, 0.717) is 78.9 Å². The van der Waals surface area contributed by atoms with Crippen LogP contribution in [0.1, 0.15) is 47.0 Å². The molecule has 0 saturated carbocycles. The molecule has 0 saturated heterocycles. The Kier molecular flexibility index (Phi) is 18.9. The minimum Gasteiger partial charge on any atom is -0.379 e. The van der Waals surface area contributed by atoms with Crippen molar-refractivity contribution in [3.05, 3.63) is 0 Å². The van der Waals surface area contributed by atoms with Gasteiger partial charge in [-0.3, -0.25) is 9.59 Å². The molecule has 28 heavy (non-hydrogen) atoms. The van der Waals surface area contributed by atoms with Gasteiger partial charge in [0.25, 0.3) is 0 Å². The van der Waals surface area contributed by atoms with Crippen LogP contribution in [-0.2, 0) is 33.3 Å². The Morgan fingerprint density at radius 2 is 0.893 bits per heavy atom. The molecule has 7 nitrogen and oxygen atoms in total. The predicted molar refractivity (Wildman–Crippen MR) is 108 cm³/mol. The second-order valence-electron chi connectivity index (χ2n) is 6.96. The maximum atomic E-state index is 11.6. The van der Waals surface area contributed by atoms with E-state index in [0.717, 1.165) is 6.42 Å². The zero-order valence-corrected chi connectivity index (χ0v) is 18.2. The summed E-state index contributed by atoms with van der Waals surface area (Å²) in [6.07, 6.45) is 1.81. The van der Waals surface area contributed by atoms with Crippen molar-refractivity contribution in [2.45, 2.75) is 47.0 Å². The second kappa shape index (κ2) is 19.5. The topological polar surface area (TPSA) is 80.3 Å². The molecule has 0 heterocycles. The summed E-state index contributed by atoms with van der Waals surface area (Å²) in [5, 5.41) is 0. The minimum absolute atomic E-state index is 0.0682. The Morgan fingerprint density at radius 1 is 0.571 bits per heavy atom. The van der Waals surface area contributed by atoms with Gasteiger partial charge in [0.05, 0.1) is 66.1 Å². The molecule has 0 bridgehead atoms. The van der Waals surface area contributed by atoms with E-state index in [1.54, 1.807) is 0 Å². The summed E-state index contributed by atoms with van der Waals surface area (Å²) in [4.78, 5) is 23.0. The van der Waals surface area contributed by atoms with Gasteiger partial charge >= 0.3 is 0 Å². The fourth-order valence-electron chi connectivity index (χ4n) is 2.09. The molecule has 0 aromatic heterocycles. The van der Waals surface area contributed by atoms with E-state index in [1.807, 2.05) is 27.7 Å². The van der Waals surface area contributed by atoms with Gasteiger partial charge in [-0.05, 0) is 6.42 Å². The van der Waals surface area contributed by atoms with E-state index in [1.165, 1.54) is 0 Å². The highest BCUT2D eigenvalue weighted by molar-refractivity contribution is 5.80. The van der Waals surface area contributed by atoms with E-state index >= 15 is 0 Å². The number of rotatable bonds is 21. The lowest BCUT2D eigenvalue weighted by atomic mass is 10.0. The third-order valence-electron chi connectivity index (χ3n) is 4.28. The highest BCUT2D eigenvalue weighted by Crippen LogP contribution is 2.04. The minimum atomic E-state index is 0.0682. The first-order valence-corrected chi connectivity index (χ1v) is 10.4. The van der Waals surface area contributed by atoms with Gasteiger partial charge in [0.15, 0.2) is 0 Å². The molecule has 0 spiro atoms. The first kappa shape index (κ1) is 27.1. The quantitative estimate of drug-likeness (QED) is 0.272. The molecule has 1 unspecified atom stereocenters. The predicted octanol–water partition coefficient (Wildman–Crippen LogP) is 2.69. The molecule has 0 aliphatic rings. The second-order valence-corrected chi connectivity index (χ2v) is 6.96. The molecule has 7 heteroatoms. The summed E-state index contributed by atoms with van der Waals surface area (Å²) in [6.45, 7) is 12.6. The maximum absolute atomic E-state index is 11.6. The van der Waals surface area contributed by atoms with Gasteiger partial charge in [0.2, 0.25) is 0 Å². The van der Waals surface area contributed by atoms with Crippen LogP contribution < -0.4 is 0 Å². The Labute approximate surface area is 170 Å². The average Bonchev–Trinajstić information content (AvgIpc) is 2.68. The van der Waals surface area contributed by atoms with Crippen LogP contribution in [0.5, 0.6) is 0 Å². The smallest absolute Gasteiger partial charge is 0.137 e. The molecule has 0 N–H and O–H groups in total. The Bertz CT molecular complexity index is 385. The van der Waals surface area contributed by atoms with Gasteiger partial charge < -0.3 is 23.7 Å². The Morgan fingerprint density at radius 3 is 1.21 bits per heavy atom. The van der Waals surface area contributed by atoms with E-state index in [9.17, 15) is 9.59 Å². The largest absolute Gasteiger partial charge is 0.379 e.